The molecule has 4 heteroatoms. The number of likely N-dealkylation sites (tertiary alicyclic amines) is 1. The minimum absolute atomic E-state index is 0.337. The highest BCUT2D eigenvalue weighted by Gasteiger charge is 2.36. The van der Waals surface area contributed by atoms with E-state index in [1.54, 1.807) is 6.08 Å². The highest BCUT2D eigenvalue weighted by atomic mass is 16.5. The van der Waals surface area contributed by atoms with Gasteiger partial charge in [-0.25, -0.2) is 0 Å². The Hall–Kier alpha value is -1.81. The first kappa shape index (κ1) is 17.0. The molecule has 1 aromatic rings. The van der Waals surface area contributed by atoms with Gasteiger partial charge in [0.15, 0.2) is 0 Å². The van der Waals surface area contributed by atoms with E-state index in [1.807, 2.05) is 12.1 Å². The standard InChI is InChI=1S/C20H28N2O2/c1-3-12-24-18-8-4-16(5-9-18)13-21-19-10-11-22(14-15(19)2)20(23)17-6-7-17/h3-5,8-9,15,17,19,21H,1,6-7,10-14H2,2H3/t15-,19-/m0/s1. The molecular formula is C20H28N2O2. The summed E-state index contributed by atoms with van der Waals surface area (Å²) >= 11 is 0. The first-order valence-corrected chi connectivity index (χ1v) is 9.02. The number of benzene rings is 1. The van der Waals surface area contributed by atoms with Crippen LogP contribution in [0.2, 0.25) is 0 Å². The first-order chi connectivity index (χ1) is 11.7. The third-order valence-electron chi connectivity index (χ3n) is 5.00. The quantitative estimate of drug-likeness (QED) is 0.783. The Morgan fingerprint density at radius 3 is 2.71 bits per heavy atom. The number of amides is 1. The monoisotopic (exact) mass is 328 g/mol. The van der Waals surface area contributed by atoms with Gasteiger partial charge in [0.2, 0.25) is 5.91 Å². The summed E-state index contributed by atoms with van der Waals surface area (Å²) in [5.74, 6) is 2.09. The summed E-state index contributed by atoms with van der Waals surface area (Å²) in [6.45, 7) is 9.07. The predicted octanol–water partition coefficient (Wildman–Crippen LogP) is 2.99. The van der Waals surface area contributed by atoms with Gasteiger partial charge in [0.25, 0.3) is 0 Å². The van der Waals surface area contributed by atoms with Gasteiger partial charge in [0.05, 0.1) is 0 Å². The van der Waals surface area contributed by atoms with Crippen molar-refractivity contribution in [3.63, 3.8) is 0 Å². The van der Waals surface area contributed by atoms with E-state index in [2.05, 4.69) is 35.9 Å². The van der Waals surface area contributed by atoms with Gasteiger partial charge in [-0.3, -0.25) is 4.79 Å². The molecule has 0 radical (unpaired) electrons. The Morgan fingerprint density at radius 1 is 1.33 bits per heavy atom. The average molecular weight is 328 g/mol. The molecule has 2 fully saturated rings. The van der Waals surface area contributed by atoms with Crippen LogP contribution in [-0.2, 0) is 11.3 Å². The van der Waals surface area contributed by atoms with E-state index in [9.17, 15) is 4.79 Å². The van der Waals surface area contributed by atoms with E-state index >= 15 is 0 Å². The number of nitrogens with one attached hydrogen (secondary N) is 1. The normalized spacial score (nSPS) is 23.8. The second-order valence-corrected chi connectivity index (χ2v) is 7.06. The molecule has 4 nitrogen and oxygen atoms in total. The molecule has 1 aliphatic carbocycles. The SMILES string of the molecule is C=CCOc1ccc(CN[C@H]2CCN(C(=O)C3CC3)C[C@@H]2C)cc1. The molecule has 3 rings (SSSR count). The molecule has 1 saturated carbocycles. The Balaban J connectivity index is 1.44. The maximum Gasteiger partial charge on any atom is 0.225 e. The van der Waals surface area contributed by atoms with Crippen LogP contribution in [0.25, 0.3) is 0 Å². The summed E-state index contributed by atoms with van der Waals surface area (Å²) in [6, 6.07) is 8.68. The Labute approximate surface area is 144 Å². The number of nitrogens with zero attached hydrogens (tertiary/aromatic N) is 1. The van der Waals surface area contributed by atoms with Gasteiger partial charge in [-0.1, -0.05) is 31.7 Å². The molecule has 0 spiro atoms. The van der Waals surface area contributed by atoms with Gasteiger partial charge in [-0.05, 0) is 42.9 Å². The minimum atomic E-state index is 0.337. The van der Waals surface area contributed by atoms with Crippen molar-refractivity contribution < 1.29 is 9.53 Å². The van der Waals surface area contributed by atoms with Crippen molar-refractivity contribution in [2.45, 2.75) is 38.8 Å². The molecule has 2 aliphatic rings. The molecule has 1 heterocycles. The zero-order valence-electron chi connectivity index (χ0n) is 14.5. The van der Waals surface area contributed by atoms with E-state index in [4.69, 9.17) is 4.74 Å². The van der Waals surface area contributed by atoms with E-state index < -0.39 is 0 Å². The highest BCUT2D eigenvalue weighted by Crippen LogP contribution is 2.32. The van der Waals surface area contributed by atoms with Gasteiger partial charge in [-0.15, -0.1) is 0 Å². The number of ether oxygens (including phenoxy) is 1. The van der Waals surface area contributed by atoms with Crippen LogP contribution >= 0.6 is 0 Å². The molecular weight excluding hydrogens is 300 g/mol. The van der Waals surface area contributed by atoms with Gasteiger partial charge in [0.1, 0.15) is 12.4 Å². The maximum absolute atomic E-state index is 12.2. The number of rotatable bonds is 7. The summed E-state index contributed by atoms with van der Waals surface area (Å²) in [4.78, 5) is 14.3. The minimum Gasteiger partial charge on any atom is -0.490 e. The second kappa shape index (κ2) is 7.84. The lowest BCUT2D eigenvalue weighted by atomic mass is 9.93. The maximum atomic E-state index is 12.2. The van der Waals surface area contributed by atoms with Crippen molar-refractivity contribution >= 4 is 5.91 Å². The molecule has 24 heavy (non-hydrogen) atoms. The second-order valence-electron chi connectivity index (χ2n) is 7.06. The van der Waals surface area contributed by atoms with Crippen LogP contribution in [0.3, 0.4) is 0 Å². The molecule has 1 amide bonds. The van der Waals surface area contributed by atoms with Gasteiger partial charge >= 0.3 is 0 Å². The summed E-state index contributed by atoms with van der Waals surface area (Å²) in [6.07, 6.45) is 4.98. The van der Waals surface area contributed by atoms with Crippen molar-refractivity contribution in [1.29, 1.82) is 0 Å². The lowest BCUT2D eigenvalue weighted by Gasteiger charge is -2.37. The van der Waals surface area contributed by atoms with Crippen molar-refractivity contribution in [1.82, 2.24) is 10.2 Å². The molecule has 1 N–H and O–H groups in total. The molecule has 0 bridgehead atoms. The van der Waals surface area contributed by atoms with Gasteiger partial charge < -0.3 is 15.0 Å². The number of hydrogen-bond acceptors (Lipinski definition) is 3. The lowest BCUT2D eigenvalue weighted by molar-refractivity contribution is -0.134. The summed E-state index contributed by atoms with van der Waals surface area (Å²) in [5, 5.41) is 3.66. The van der Waals surface area contributed by atoms with Gasteiger partial charge in [0, 0.05) is 31.6 Å². The fraction of sp³-hybridized carbons (Fsp3) is 0.550. The largest absolute Gasteiger partial charge is 0.490 e. The van der Waals surface area contributed by atoms with Crippen molar-refractivity contribution in [3.05, 3.63) is 42.5 Å². The molecule has 0 aromatic heterocycles. The highest BCUT2D eigenvalue weighted by molar-refractivity contribution is 5.81. The van der Waals surface area contributed by atoms with Crippen LogP contribution in [0.1, 0.15) is 31.7 Å². The number of carbonyl (C=O) groups is 1. The van der Waals surface area contributed by atoms with Gasteiger partial charge in [-0.2, -0.15) is 0 Å². The zero-order valence-corrected chi connectivity index (χ0v) is 14.5. The van der Waals surface area contributed by atoms with Crippen molar-refractivity contribution in [2.24, 2.45) is 11.8 Å². The zero-order chi connectivity index (χ0) is 16.9. The van der Waals surface area contributed by atoms with E-state index in [0.29, 0.717) is 30.4 Å². The van der Waals surface area contributed by atoms with E-state index in [1.165, 1.54) is 5.56 Å². The van der Waals surface area contributed by atoms with E-state index in [0.717, 1.165) is 44.6 Å². The molecule has 0 unspecified atom stereocenters. The average Bonchev–Trinajstić information content (AvgIpc) is 3.44. The van der Waals surface area contributed by atoms with Crippen LogP contribution in [0.4, 0.5) is 0 Å². The van der Waals surface area contributed by atoms with Crippen molar-refractivity contribution in [2.75, 3.05) is 19.7 Å². The molecule has 1 saturated heterocycles. The third kappa shape index (κ3) is 4.38. The van der Waals surface area contributed by atoms with Crippen LogP contribution < -0.4 is 10.1 Å². The summed E-state index contributed by atoms with van der Waals surface area (Å²) in [5.41, 5.74) is 1.25. The third-order valence-corrected chi connectivity index (χ3v) is 5.00. The number of carbonyl (C=O) groups excluding carboxylic acids is 1. The Kier molecular flexibility index (Phi) is 5.56. The first-order valence-electron chi connectivity index (χ1n) is 9.02. The van der Waals surface area contributed by atoms with Crippen LogP contribution in [0.15, 0.2) is 36.9 Å². The predicted molar refractivity (Wildman–Crippen MR) is 95.8 cm³/mol. The topological polar surface area (TPSA) is 41.6 Å². The lowest BCUT2D eigenvalue weighted by Crippen LogP contribution is -2.50. The molecule has 1 aliphatic heterocycles. The smallest absolute Gasteiger partial charge is 0.225 e. The van der Waals surface area contributed by atoms with Crippen LogP contribution in [0, 0.1) is 11.8 Å². The molecule has 1 aromatic carbocycles. The van der Waals surface area contributed by atoms with Crippen molar-refractivity contribution in [3.8, 4) is 5.75 Å². The molecule has 2 atom stereocenters. The fourth-order valence-corrected chi connectivity index (χ4v) is 3.35. The number of piperidine rings is 1. The Morgan fingerprint density at radius 2 is 2.08 bits per heavy atom. The molecule has 130 valence electrons. The fourth-order valence-electron chi connectivity index (χ4n) is 3.35. The van der Waals surface area contributed by atoms with Crippen LogP contribution in [-0.4, -0.2) is 36.5 Å². The van der Waals surface area contributed by atoms with Crippen LogP contribution in [0.5, 0.6) is 5.75 Å². The number of hydrogen-bond donors (Lipinski definition) is 1. The Bertz CT molecular complexity index is 566. The van der Waals surface area contributed by atoms with E-state index in [-0.39, 0.29) is 0 Å². The summed E-state index contributed by atoms with van der Waals surface area (Å²) in [7, 11) is 0. The summed E-state index contributed by atoms with van der Waals surface area (Å²) < 4.78 is 5.50.